The summed E-state index contributed by atoms with van der Waals surface area (Å²) >= 11 is 0. The summed E-state index contributed by atoms with van der Waals surface area (Å²) in [5.74, 6) is 0.858. The molecule has 1 aromatic rings. The maximum absolute atomic E-state index is 12.5. The first kappa shape index (κ1) is 13.3. The van der Waals surface area contributed by atoms with Crippen LogP contribution < -0.4 is 10.5 Å². The minimum Gasteiger partial charge on any atom is -0.434 e. The van der Waals surface area contributed by atoms with Crippen LogP contribution in [0.25, 0.3) is 0 Å². The summed E-state index contributed by atoms with van der Waals surface area (Å²) in [5, 5.41) is 0. The maximum Gasteiger partial charge on any atom is 0.387 e. The van der Waals surface area contributed by atoms with Crippen molar-refractivity contribution in [3.8, 4) is 5.75 Å². The fourth-order valence-corrected chi connectivity index (χ4v) is 2.97. The third-order valence-corrected chi connectivity index (χ3v) is 4.09. The van der Waals surface area contributed by atoms with Crippen LogP contribution >= 0.6 is 0 Å². The van der Waals surface area contributed by atoms with Crippen LogP contribution in [0.2, 0.25) is 0 Å². The number of hydrogen-bond acceptors (Lipinski definition) is 2. The molecule has 100 valence electrons. The third-order valence-electron chi connectivity index (χ3n) is 4.09. The molecule has 2 N–H and O–H groups in total. The first-order valence-electron chi connectivity index (χ1n) is 6.14. The predicted octanol–water partition coefficient (Wildman–Crippen LogP) is 3.29. The lowest BCUT2D eigenvalue weighted by Gasteiger charge is -2.14. The second kappa shape index (κ2) is 4.50. The van der Waals surface area contributed by atoms with E-state index in [1.54, 1.807) is 13.0 Å². The van der Waals surface area contributed by atoms with Gasteiger partial charge in [-0.2, -0.15) is 8.78 Å². The van der Waals surface area contributed by atoms with Gasteiger partial charge in [-0.05, 0) is 41.8 Å². The molecule has 2 nitrogen and oxygen atoms in total. The molecule has 1 saturated carbocycles. The van der Waals surface area contributed by atoms with Crippen molar-refractivity contribution in [2.75, 3.05) is 6.54 Å². The number of halogens is 2. The van der Waals surface area contributed by atoms with Gasteiger partial charge < -0.3 is 10.5 Å². The monoisotopic (exact) mass is 255 g/mol. The lowest BCUT2D eigenvalue weighted by Crippen LogP contribution is -2.07. The molecule has 1 aromatic carbocycles. The summed E-state index contributed by atoms with van der Waals surface area (Å²) in [6.07, 6.45) is 0. The fourth-order valence-electron chi connectivity index (χ4n) is 2.97. The van der Waals surface area contributed by atoms with Crippen molar-refractivity contribution < 1.29 is 13.5 Å². The van der Waals surface area contributed by atoms with Gasteiger partial charge in [-0.25, -0.2) is 0 Å². The van der Waals surface area contributed by atoms with Crippen molar-refractivity contribution in [2.24, 2.45) is 17.1 Å². The Bertz CT molecular complexity index is 445. The van der Waals surface area contributed by atoms with Gasteiger partial charge in [-0.3, -0.25) is 0 Å². The first-order chi connectivity index (χ1) is 8.39. The Balaban J connectivity index is 2.37. The Morgan fingerprint density at radius 1 is 1.39 bits per heavy atom. The number of aryl methyl sites for hydroxylation is 1. The highest BCUT2D eigenvalue weighted by atomic mass is 19.3. The van der Waals surface area contributed by atoms with Gasteiger partial charge in [0.15, 0.2) is 0 Å². The maximum atomic E-state index is 12.5. The molecule has 0 aliphatic heterocycles. The number of rotatable bonds is 4. The van der Waals surface area contributed by atoms with Crippen molar-refractivity contribution in [3.05, 3.63) is 29.3 Å². The summed E-state index contributed by atoms with van der Waals surface area (Å²) in [4.78, 5) is 0. The Hall–Kier alpha value is -1.16. The van der Waals surface area contributed by atoms with E-state index in [0.29, 0.717) is 18.2 Å². The number of benzene rings is 1. The Kier molecular flexibility index (Phi) is 3.32. The molecule has 0 saturated heterocycles. The summed E-state index contributed by atoms with van der Waals surface area (Å²) in [7, 11) is 0. The molecule has 0 bridgehead atoms. The van der Waals surface area contributed by atoms with Gasteiger partial charge in [0.05, 0.1) is 0 Å². The standard InChI is InChI=1S/C14H19F2NO/c1-8-5-4-6-9(12(8)18-13(15)16)11-10(7-17)14(11,2)3/h4-6,10-11,13H,7,17H2,1-3H3. The van der Waals surface area contributed by atoms with Crippen molar-refractivity contribution in [1.29, 1.82) is 0 Å². The molecule has 0 aromatic heterocycles. The molecule has 2 rings (SSSR count). The van der Waals surface area contributed by atoms with Gasteiger partial charge in [-0.1, -0.05) is 32.0 Å². The normalized spacial score (nSPS) is 25.3. The molecule has 0 amide bonds. The number of ether oxygens (including phenoxy) is 1. The molecule has 0 radical (unpaired) electrons. The Labute approximate surface area is 106 Å². The highest BCUT2D eigenvalue weighted by molar-refractivity contribution is 5.47. The number of hydrogen-bond donors (Lipinski definition) is 1. The third kappa shape index (κ3) is 2.09. The Morgan fingerprint density at radius 2 is 2.06 bits per heavy atom. The van der Waals surface area contributed by atoms with Crippen LogP contribution in [0, 0.1) is 18.3 Å². The smallest absolute Gasteiger partial charge is 0.387 e. The zero-order valence-corrected chi connectivity index (χ0v) is 10.9. The minimum atomic E-state index is -2.79. The minimum absolute atomic E-state index is 0.0583. The topological polar surface area (TPSA) is 35.2 Å². The summed E-state index contributed by atoms with van der Waals surface area (Å²) in [6.45, 7) is 3.80. The van der Waals surface area contributed by atoms with Crippen LogP contribution in [0.15, 0.2) is 18.2 Å². The largest absolute Gasteiger partial charge is 0.434 e. The SMILES string of the molecule is Cc1cccc(C2C(CN)C2(C)C)c1OC(F)F. The summed E-state index contributed by atoms with van der Waals surface area (Å²) < 4.78 is 29.7. The van der Waals surface area contributed by atoms with Crippen LogP contribution in [0.5, 0.6) is 5.75 Å². The lowest BCUT2D eigenvalue weighted by atomic mass is 10.00. The predicted molar refractivity (Wildman–Crippen MR) is 66.9 cm³/mol. The van der Waals surface area contributed by atoms with E-state index in [4.69, 9.17) is 5.73 Å². The zero-order chi connectivity index (χ0) is 13.5. The molecule has 2 atom stereocenters. The van der Waals surface area contributed by atoms with Crippen LogP contribution in [-0.4, -0.2) is 13.2 Å². The van der Waals surface area contributed by atoms with E-state index in [1.807, 2.05) is 12.1 Å². The van der Waals surface area contributed by atoms with E-state index in [0.717, 1.165) is 11.1 Å². The summed E-state index contributed by atoms with van der Waals surface area (Å²) in [5.41, 5.74) is 7.39. The van der Waals surface area contributed by atoms with E-state index < -0.39 is 6.61 Å². The zero-order valence-electron chi connectivity index (χ0n) is 10.9. The highest BCUT2D eigenvalue weighted by Crippen LogP contribution is 2.65. The van der Waals surface area contributed by atoms with E-state index in [2.05, 4.69) is 18.6 Å². The fraction of sp³-hybridized carbons (Fsp3) is 0.571. The molecule has 18 heavy (non-hydrogen) atoms. The van der Waals surface area contributed by atoms with E-state index in [9.17, 15) is 8.78 Å². The van der Waals surface area contributed by atoms with E-state index in [-0.39, 0.29) is 11.3 Å². The van der Waals surface area contributed by atoms with Crippen LogP contribution in [-0.2, 0) is 0 Å². The second-order valence-corrected chi connectivity index (χ2v) is 5.51. The highest BCUT2D eigenvalue weighted by Gasteiger charge is 2.58. The molecule has 1 aliphatic rings. The summed E-state index contributed by atoms with van der Waals surface area (Å²) in [6, 6.07) is 5.53. The van der Waals surface area contributed by atoms with E-state index in [1.165, 1.54) is 0 Å². The quantitative estimate of drug-likeness (QED) is 0.896. The van der Waals surface area contributed by atoms with Gasteiger partial charge in [0, 0.05) is 0 Å². The van der Waals surface area contributed by atoms with Crippen molar-refractivity contribution in [3.63, 3.8) is 0 Å². The Morgan fingerprint density at radius 3 is 2.56 bits per heavy atom. The van der Waals surface area contributed by atoms with Crippen LogP contribution in [0.3, 0.4) is 0 Å². The first-order valence-corrected chi connectivity index (χ1v) is 6.14. The van der Waals surface area contributed by atoms with Crippen LogP contribution in [0.1, 0.15) is 30.9 Å². The van der Waals surface area contributed by atoms with Gasteiger partial charge in [0.25, 0.3) is 0 Å². The average molecular weight is 255 g/mol. The average Bonchev–Trinajstić information content (AvgIpc) is 2.82. The van der Waals surface area contributed by atoms with Gasteiger partial charge in [-0.15, -0.1) is 0 Å². The second-order valence-electron chi connectivity index (χ2n) is 5.51. The molecule has 4 heteroatoms. The lowest BCUT2D eigenvalue weighted by molar-refractivity contribution is -0.0509. The molecule has 2 unspecified atom stereocenters. The number of alkyl halides is 2. The van der Waals surface area contributed by atoms with Crippen molar-refractivity contribution in [2.45, 2.75) is 33.3 Å². The van der Waals surface area contributed by atoms with Gasteiger partial charge >= 0.3 is 6.61 Å². The van der Waals surface area contributed by atoms with Crippen molar-refractivity contribution >= 4 is 0 Å². The number of nitrogens with two attached hydrogens (primary N) is 1. The number of para-hydroxylation sites is 1. The van der Waals surface area contributed by atoms with Crippen molar-refractivity contribution in [1.82, 2.24) is 0 Å². The van der Waals surface area contributed by atoms with Gasteiger partial charge in [0.2, 0.25) is 0 Å². The van der Waals surface area contributed by atoms with E-state index >= 15 is 0 Å². The molecule has 1 fully saturated rings. The van der Waals surface area contributed by atoms with Crippen LogP contribution in [0.4, 0.5) is 8.78 Å². The molecule has 1 aliphatic carbocycles. The molecular weight excluding hydrogens is 236 g/mol. The molecule has 0 heterocycles. The van der Waals surface area contributed by atoms with Gasteiger partial charge in [0.1, 0.15) is 5.75 Å². The molecule has 0 spiro atoms. The molecular formula is C14H19F2NO.